The monoisotopic (exact) mass is 1130 g/mol. The number of rotatable bonds is 12. The molecule has 0 aliphatic heterocycles. The fourth-order valence-corrected chi connectivity index (χ4v) is 4.56. The minimum absolute atomic E-state index is 0. The maximum atomic E-state index is 10.7. The number of aromatic carboxylic acids is 12. The van der Waals surface area contributed by atoms with E-state index in [1.807, 2.05) is 0 Å². The second-order valence-electron chi connectivity index (χ2n) is 10.6. The molecule has 27 heteroatoms. The molecule has 0 saturated carbocycles. The van der Waals surface area contributed by atoms with Crippen LogP contribution in [0.15, 0.2) is 72.8 Å². The van der Waals surface area contributed by atoms with E-state index in [0.29, 0.717) is 0 Å². The third kappa shape index (κ3) is 16.2. The van der Waals surface area contributed by atoms with Crippen LogP contribution in [-0.4, -0.2) is 133 Å². The third-order valence-corrected chi connectivity index (χ3v) is 6.96. The fourth-order valence-electron chi connectivity index (χ4n) is 4.56. The van der Waals surface area contributed by atoms with E-state index in [9.17, 15) is 57.5 Å². The van der Waals surface area contributed by atoms with Crippen molar-refractivity contribution in [1.82, 2.24) is 0 Å². The molecule has 0 fully saturated rings. The Kier molecular flexibility index (Phi) is 25.4. The van der Waals surface area contributed by atoms with Gasteiger partial charge in [-0.05, 0) is 48.5 Å². The summed E-state index contributed by atoms with van der Waals surface area (Å²) in [5.41, 5.74) is -7.16. The minimum Gasteiger partial charge on any atom is -0.478 e. The van der Waals surface area contributed by atoms with Crippen molar-refractivity contribution in [2.45, 2.75) is 0 Å². The molecule has 4 aromatic rings. The van der Waals surface area contributed by atoms with E-state index < -0.39 is 138 Å². The number of hydrogen-bond acceptors (Lipinski definition) is 12. The van der Waals surface area contributed by atoms with Gasteiger partial charge in [0.25, 0.3) is 0 Å². The normalized spacial score (nSPS) is 9.14. The Labute approximate surface area is 391 Å². The SMILES string of the molecule is O=C(O)c1cccc(C(=O)O)c1C(=O)O.O=C(O)c1cccc(C(=O)O)c1C(=O)O.O=C(O)c1cccc(C(=O)O)c1C(=O)O.O=C(O)c1cccc(C(=O)O)c1C(=O)O.[Mo].[Mo].[Mo]. The van der Waals surface area contributed by atoms with Crippen molar-refractivity contribution in [3.8, 4) is 0 Å². The molecule has 330 valence electrons. The van der Waals surface area contributed by atoms with Crippen molar-refractivity contribution >= 4 is 71.6 Å². The molecule has 0 amide bonds. The summed E-state index contributed by atoms with van der Waals surface area (Å²) < 4.78 is 0. The van der Waals surface area contributed by atoms with E-state index in [2.05, 4.69) is 0 Å². The third-order valence-electron chi connectivity index (χ3n) is 6.96. The molecule has 4 aromatic carbocycles. The van der Waals surface area contributed by atoms with Gasteiger partial charge in [-0.1, -0.05) is 24.3 Å². The summed E-state index contributed by atoms with van der Waals surface area (Å²) in [5.74, 6) is -18.1. The van der Waals surface area contributed by atoms with Crippen molar-refractivity contribution in [3.63, 3.8) is 0 Å². The Bertz CT molecular complexity index is 2020. The first-order valence-electron chi connectivity index (χ1n) is 15.1. The van der Waals surface area contributed by atoms with Gasteiger partial charge in [-0.3, -0.25) is 0 Å². The molecule has 0 spiro atoms. The second-order valence-corrected chi connectivity index (χ2v) is 10.6. The van der Waals surface area contributed by atoms with E-state index in [1.54, 1.807) is 0 Å². The minimum atomic E-state index is -1.58. The maximum absolute atomic E-state index is 10.7. The Morgan fingerprint density at radius 3 is 0.365 bits per heavy atom. The molecule has 4 rings (SSSR count). The van der Waals surface area contributed by atoms with Gasteiger partial charge >= 0.3 is 71.6 Å². The van der Waals surface area contributed by atoms with Crippen LogP contribution in [0.3, 0.4) is 0 Å². The average Bonchev–Trinajstić information content (AvgIpc) is 3.16. The van der Waals surface area contributed by atoms with E-state index >= 15 is 0 Å². The molecule has 0 atom stereocenters. The molecular formula is C36H24Mo3O24. The molecule has 0 radical (unpaired) electrons. The summed E-state index contributed by atoms with van der Waals surface area (Å²) >= 11 is 0. The summed E-state index contributed by atoms with van der Waals surface area (Å²) in [6, 6.07) is 13.0. The van der Waals surface area contributed by atoms with Crippen LogP contribution >= 0.6 is 0 Å². The Morgan fingerprint density at radius 1 is 0.206 bits per heavy atom. The molecule has 0 saturated heterocycles. The van der Waals surface area contributed by atoms with Crippen molar-refractivity contribution in [2.75, 3.05) is 0 Å². The maximum Gasteiger partial charge on any atom is 0.337 e. The average molecular weight is 1130 g/mol. The molecule has 24 nitrogen and oxygen atoms in total. The van der Waals surface area contributed by atoms with Crippen LogP contribution in [0.2, 0.25) is 0 Å². The molecule has 0 bridgehead atoms. The van der Waals surface area contributed by atoms with Crippen LogP contribution in [0.1, 0.15) is 124 Å². The van der Waals surface area contributed by atoms with Gasteiger partial charge < -0.3 is 61.3 Å². The summed E-state index contributed by atoms with van der Waals surface area (Å²) in [6.45, 7) is 0. The van der Waals surface area contributed by atoms with Crippen LogP contribution in [0, 0.1) is 0 Å². The zero-order valence-corrected chi connectivity index (χ0v) is 36.4. The zero-order valence-electron chi connectivity index (χ0n) is 30.4. The van der Waals surface area contributed by atoms with Crippen molar-refractivity contribution in [2.24, 2.45) is 0 Å². The number of carboxylic acids is 12. The Morgan fingerprint density at radius 2 is 0.302 bits per heavy atom. The van der Waals surface area contributed by atoms with Gasteiger partial charge in [0.15, 0.2) is 0 Å². The second kappa shape index (κ2) is 26.7. The summed E-state index contributed by atoms with van der Waals surface area (Å²) in [7, 11) is 0. The molecule has 0 aromatic heterocycles. The van der Waals surface area contributed by atoms with Crippen LogP contribution in [0.5, 0.6) is 0 Å². The summed E-state index contributed by atoms with van der Waals surface area (Å²) in [4.78, 5) is 128. The van der Waals surface area contributed by atoms with Gasteiger partial charge in [-0.15, -0.1) is 0 Å². The predicted molar refractivity (Wildman–Crippen MR) is 189 cm³/mol. The van der Waals surface area contributed by atoms with E-state index in [-0.39, 0.29) is 63.2 Å². The van der Waals surface area contributed by atoms with Gasteiger partial charge in [0, 0.05) is 63.2 Å². The number of hydrogen-bond donors (Lipinski definition) is 12. The smallest absolute Gasteiger partial charge is 0.337 e. The summed E-state index contributed by atoms with van der Waals surface area (Å²) in [6.07, 6.45) is 0. The molecule has 63 heavy (non-hydrogen) atoms. The van der Waals surface area contributed by atoms with Crippen LogP contribution in [0.4, 0.5) is 0 Å². The number of carbonyl (C=O) groups is 12. The van der Waals surface area contributed by atoms with Gasteiger partial charge in [0.2, 0.25) is 0 Å². The Hall–Kier alpha value is -7.42. The Balaban J connectivity index is -0.000000750. The number of carboxylic acid groups (broad SMARTS) is 12. The van der Waals surface area contributed by atoms with Gasteiger partial charge in [0.05, 0.1) is 66.8 Å². The first-order valence-corrected chi connectivity index (χ1v) is 15.1. The number of benzene rings is 4. The first kappa shape index (κ1) is 59.9. The van der Waals surface area contributed by atoms with Crippen LogP contribution in [0.25, 0.3) is 0 Å². The van der Waals surface area contributed by atoms with E-state index in [0.717, 1.165) is 48.5 Å². The van der Waals surface area contributed by atoms with E-state index in [4.69, 9.17) is 61.3 Å². The fraction of sp³-hybridized carbons (Fsp3) is 0. The molecular weight excluding hydrogens is 1100 g/mol. The molecule has 12 N–H and O–H groups in total. The van der Waals surface area contributed by atoms with Gasteiger partial charge in [-0.25, -0.2) is 57.5 Å². The standard InChI is InChI=1S/4C9H6O6.3Mo/c4*10-7(11)4-2-1-3-5(8(12)13)6(4)9(14)15;;;/h4*1-3H,(H,10,11)(H,12,13)(H,14,15);;;. The van der Waals surface area contributed by atoms with Gasteiger partial charge in [0.1, 0.15) is 0 Å². The first-order chi connectivity index (χ1) is 27.8. The van der Waals surface area contributed by atoms with E-state index in [1.165, 1.54) is 24.3 Å². The molecule has 0 heterocycles. The molecule has 0 aliphatic carbocycles. The molecule has 0 unspecified atom stereocenters. The van der Waals surface area contributed by atoms with Crippen molar-refractivity contribution in [1.29, 1.82) is 0 Å². The molecule has 0 aliphatic rings. The van der Waals surface area contributed by atoms with Crippen molar-refractivity contribution in [3.05, 3.63) is 140 Å². The van der Waals surface area contributed by atoms with Crippen molar-refractivity contribution < 1.29 is 182 Å². The van der Waals surface area contributed by atoms with Crippen LogP contribution in [-0.2, 0) is 63.2 Å². The topological polar surface area (TPSA) is 448 Å². The quantitative estimate of drug-likeness (QED) is 0.0907. The largest absolute Gasteiger partial charge is 0.478 e. The predicted octanol–water partition coefficient (Wildman–Crippen LogP) is 3.12. The van der Waals surface area contributed by atoms with Gasteiger partial charge in [-0.2, -0.15) is 0 Å². The zero-order chi connectivity index (χ0) is 46.3. The summed E-state index contributed by atoms with van der Waals surface area (Å²) in [5, 5.41) is 104. The van der Waals surface area contributed by atoms with Crippen LogP contribution < -0.4 is 0 Å².